The third-order valence-electron chi connectivity index (χ3n) is 4.03. The van der Waals surface area contributed by atoms with Crippen molar-refractivity contribution in [3.63, 3.8) is 0 Å². The fraction of sp³-hybridized carbons (Fsp3) is 0.0500. The van der Waals surface area contributed by atoms with Crippen molar-refractivity contribution in [3.05, 3.63) is 83.3 Å². The van der Waals surface area contributed by atoms with Crippen LogP contribution in [0.25, 0.3) is 16.4 Å². The number of nitrogens with one attached hydrogen (secondary N) is 1. The largest absolute Gasteiger partial charge is 0.435 e. The van der Waals surface area contributed by atoms with Crippen LogP contribution < -0.4 is 5.43 Å². The highest BCUT2D eigenvalue weighted by Crippen LogP contribution is 2.33. The number of hydrogen-bond acceptors (Lipinski definition) is 6. The number of benzene rings is 1. The average molecular weight is 442 g/mol. The van der Waals surface area contributed by atoms with Gasteiger partial charge in [0.25, 0.3) is 5.91 Å². The minimum atomic E-state index is -4.62. The summed E-state index contributed by atoms with van der Waals surface area (Å²) >= 11 is 0.991. The Labute approximate surface area is 177 Å². The molecule has 0 saturated carbocycles. The minimum absolute atomic E-state index is 0.00115. The molecular weight excluding hydrogens is 429 g/mol. The highest BCUT2D eigenvalue weighted by Gasteiger charge is 2.35. The van der Waals surface area contributed by atoms with Gasteiger partial charge < -0.3 is 0 Å². The van der Waals surface area contributed by atoms with Crippen molar-refractivity contribution < 1.29 is 18.0 Å². The van der Waals surface area contributed by atoms with Crippen LogP contribution in [0, 0.1) is 0 Å². The summed E-state index contributed by atoms with van der Waals surface area (Å²) in [6.07, 6.45) is -1.67. The number of aromatic nitrogens is 4. The highest BCUT2D eigenvalue weighted by molar-refractivity contribution is 7.12. The molecule has 0 radical (unpaired) electrons. The Hall–Kier alpha value is -3.86. The van der Waals surface area contributed by atoms with Crippen molar-refractivity contribution in [2.24, 2.45) is 5.10 Å². The van der Waals surface area contributed by atoms with E-state index in [1.54, 1.807) is 54.7 Å². The first kappa shape index (κ1) is 20.4. The number of hydrazone groups is 1. The van der Waals surface area contributed by atoms with Gasteiger partial charge in [-0.25, -0.2) is 15.1 Å². The second kappa shape index (κ2) is 8.48. The second-order valence-electron chi connectivity index (χ2n) is 6.16. The first-order valence-electron chi connectivity index (χ1n) is 8.85. The van der Waals surface area contributed by atoms with Gasteiger partial charge in [0.2, 0.25) is 5.13 Å². The standard InChI is InChI=1S/C20H13F3N6OS/c21-20(22,23)17-10-16(13-6-2-1-3-7-13)29(28-17)19-26-15(12-31-19)18(30)27-25-11-14-8-4-5-9-24-14/h1-12H,(H,27,30)/b25-11+. The van der Waals surface area contributed by atoms with Gasteiger partial charge in [-0.3, -0.25) is 9.78 Å². The molecule has 0 saturated heterocycles. The van der Waals surface area contributed by atoms with Crippen LogP contribution in [0.1, 0.15) is 21.9 Å². The van der Waals surface area contributed by atoms with Crippen molar-refractivity contribution in [1.82, 2.24) is 25.2 Å². The van der Waals surface area contributed by atoms with Crippen LogP contribution in [-0.2, 0) is 6.18 Å². The van der Waals surface area contributed by atoms with E-state index in [2.05, 4.69) is 25.6 Å². The van der Waals surface area contributed by atoms with Crippen molar-refractivity contribution in [2.45, 2.75) is 6.18 Å². The third kappa shape index (κ3) is 4.67. The molecule has 156 valence electrons. The molecular formula is C20H13F3N6OS. The van der Waals surface area contributed by atoms with Crippen molar-refractivity contribution in [1.29, 1.82) is 0 Å². The molecule has 0 aliphatic heterocycles. The molecule has 1 N–H and O–H groups in total. The van der Waals surface area contributed by atoms with Gasteiger partial charge >= 0.3 is 6.18 Å². The molecule has 31 heavy (non-hydrogen) atoms. The normalized spacial score (nSPS) is 11.7. The summed E-state index contributed by atoms with van der Waals surface area (Å²) in [6, 6.07) is 14.7. The van der Waals surface area contributed by atoms with Crippen LogP contribution >= 0.6 is 11.3 Å². The highest BCUT2D eigenvalue weighted by atomic mass is 32.1. The lowest BCUT2D eigenvalue weighted by Gasteiger charge is -2.03. The van der Waals surface area contributed by atoms with Gasteiger partial charge in [-0.2, -0.15) is 23.4 Å². The van der Waals surface area contributed by atoms with E-state index in [0.717, 1.165) is 22.1 Å². The molecule has 4 aromatic rings. The predicted octanol–water partition coefficient (Wildman–Crippen LogP) is 4.17. The quantitative estimate of drug-likeness (QED) is 0.371. The monoisotopic (exact) mass is 442 g/mol. The zero-order valence-electron chi connectivity index (χ0n) is 15.6. The Morgan fingerprint density at radius 1 is 1.13 bits per heavy atom. The molecule has 0 aliphatic rings. The predicted molar refractivity (Wildman–Crippen MR) is 109 cm³/mol. The van der Waals surface area contributed by atoms with E-state index in [1.807, 2.05) is 0 Å². The summed E-state index contributed by atoms with van der Waals surface area (Å²) in [5.41, 5.74) is 2.56. The molecule has 3 heterocycles. The summed E-state index contributed by atoms with van der Waals surface area (Å²) in [5.74, 6) is -0.612. The Kier molecular flexibility index (Phi) is 5.58. The summed E-state index contributed by atoms with van der Waals surface area (Å²) in [6.45, 7) is 0. The topological polar surface area (TPSA) is 85.1 Å². The van der Waals surface area contributed by atoms with Crippen molar-refractivity contribution >= 4 is 23.5 Å². The average Bonchev–Trinajstić information content (AvgIpc) is 3.42. The molecule has 11 heteroatoms. The van der Waals surface area contributed by atoms with Gasteiger partial charge in [-0.05, 0) is 18.2 Å². The van der Waals surface area contributed by atoms with E-state index in [0.29, 0.717) is 11.3 Å². The number of carbonyl (C=O) groups excluding carboxylic acids is 1. The van der Waals surface area contributed by atoms with E-state index in [9.17, 15) is 18.0 Å². The minimum Gasteiger partial charge on any atom is -0.266 e. The van der Waals surface area contributed by atoms with E-state index in [1.165, 1.54) is 11.6 Å². The third-order valence-corrected chi connectivity index (χ3v) is 4.84. The smallest absolute Gasteiger partial charge is 0.266 e. The summed E-state index contributed by atoms with van der Waals surface area (Å²) in [4.78, 5) is 20.5. The molecule has 0 atom stereocenters. The van der Waals surface area contributed by atoms with Crippen LogP contribution in [0.3, 0.4) is 0 Å². The second-order valence-corrected chi connectivity index (χ2v) is 7.00. The molecule has 4 rings (SSSR count). The maximum atomic E-state index is 13.2. The summed E-state index contributed by atoms with van der Waals surface area (Å²) in [7, 11) is 0. The molecule has 3 aromatic heterocycles. The fourth-order valence-electron chi connectivity index (χ4n) is 2.61. The van der Waals surface area contributed by atoms with Gasteiger partial charge in [-0.1, -0.05) is 36.4 Å². The molecule has 0 spiro atoms. The lowest BCUT2D eigenvalue weighted by molar-refractivity contribution is -0.141. The zero-order chi connectivity index (χ0) is 21.8. The number of hydrogen-bond donors (Lipinski definition) is 1. The maximum Gasteiger partial charge on any atom is 0.435 e. The number of nitrogens with zero attached hydrogens (tertiary/aromatic N) is 5. The van der Waals surface area contributed by atoms with Crippen LogP contribution in [0.4, 0.5) is 13.2 Å². The molecule has 0 bridgehead atoms. The molecule has 1 aromatic carbocycles. The number of carbonyl (C=O) groups is 1. The molecule has 7 nitrogen and oxygen atoms in total. The molecule has 0 aliphatic carbocycles. The fourth-order valence-corrected chi connectivity index (χ4v) is 3.38. The van der Waals surface area contributed by atoms with E-state index < -0.39 is 17.8 Å². The number of pyridine rings is 1. The Bertz CT molecular complexity index is 1220. The maximum absolute atomic E-state index is 13.2. The number of halogens is 3. The number of amides is 1. The lowest BCUT2D eigenvalue weighted by atomic mass is 10.1. The lowest BCUT2D eigenvalue weighted by Crippen LogP contribution is -2.18. The van der Waals surface area contributed by atoms with E-state index >= 15 is 0 Å². The van der Waals surface area contributed by atoms with Crippen LogP contribution in [0.2, 0.25) is 0 Å². The first-order chi connectivity index (χ1) is 14.9. The van der Waals surface area contributed by atoms with E-state index in [-0.39, 0.29) is 16.5 Å². The van der Waals surface area contributed by atoms with Crippen LogP contribution in [0.15, 0.2) is 71.3 Å². The number of alkyl halides is 3. The zero-order valence-corrected chi connectivity index (χ0v) is 16.4. The number of thiazole rings is 1. The Balaban J connectivity index is 1.60. The van der Waals surface area contributed by atoms with Gasteiger partial charge in [0.05, 0.1) is 17.6 Å². The van der Waals surface area contributed by atoms with Gasteiger partial charge in [0.15, 0.2) is 5.69 Å². The Morgan fingerprint density at radius 2 is 1.90 bits per heavy atom. The van der Waals surface area contributed by atoms with E-state index in [4.69, 9.17) is 0 Å². The summed E-state index contributed by atoms with van der Waals surface area (Å²) < 4.78 is 40.8. The Morgan fingerprint density at radius 3 is 2.61 bits per heavy atom. The van der Waals surface area contributed by atoms with Crippen molar-refractivity contribution in [3.8, 4) is 16.4 Å². The molecule has 0 unspecified atom stereocenters. The van der Waals surface area contributed by atoms with Gasteiger partial charge in [-0.15, -0.1) is 11.3 Å². The van der Waals surface area contributed by atoms with Gasteiger partial charge in [0, 0.05) is 17.1 Å². The summed E-state index contributed by atoms with van der Waals surface area (Å²) in [5, 5.41) is 9.02. The van der Waals surface area contributed by atoms with Crippen LogP contribution in [-0.4, -0.2) is 31.9 Å². The molecule has 1 amide bonds. The first-order valence-corrected chi connectivity index (χ1v) is 9.73. The number of rotatable bonds is 5. The van der Waals surface area contributed by atoms with Gasteiger partial charge in [0.1, 0.15) is 5.69 Å². The molecule has 0 fully saturated rings. The SMILES string of the molecule is O=C(N/N=C/c1ccccn1)c1csc(-n2nc(C(F)(F)F)cc2-c2ccccc2)n1. The van der Waals surface area contributed by atoms with Crippen LogP contribution in [0.5, 0.6) is 0 Å². The van der Waals surface area contributed by atoms with Crippen molar-refractivity contribution in [2.75, 3.05) is 0 Å².